The average Bonchev–Trinajstić information content (AvgIpc) is 3.09. The van der Waals surface area contributed by atoms with Crippen LogP contribution in [0.2, 0.25) is 0 Å². The molecule has 2 aromatic rings. The van der Waals surface area contributed by atoms with Crippen molar-refractivity contribution < 1.29 is 14.7 Å². The Morgan fingerprint density at radius 1 is 1.22 bits per heavy atom. The van der Waals surface area contributed by atoms with Crippen LogP contribution in [-0.4, -0.2) is 49.5 Å². The van der Waals surface area contributed by atoms with E-state index in [4.69, 9.17) is 0 Å². The van der Waals surface area contributed by atoms with Crippen molar-refractivity contribution in [1.29, 1.82) is 0 Å². The van der Waals surface area contributed by atoms with E-state index in [0.29, 0.717) is 18.4 Å². The van der Waals surface area contributed by atoms with Gasteiger partial charge in [-0.15, -0.1) is 5.10 Å². The lowest BCUT2D eigenvalue weighted by atomic mass is 9.93. The van der Waals surface area contributed by atoms with Gasteiger partial charge in [-0.1, -0.05) is 5.21 Å². The first-order valence-corrected chi connectivity index (χ1v) is 7.57. The molecule has 7 heteroatoms. The molecule has 120 valence electrons. The van der Waals surface area contributed by atoms with Gasteiger partial charge < -0.3 is 10.0 Å². The molecule has 0 spiro atoms. The quantitative estimate of drug-likeness (QED) is 0.929. The fraction of sp³-hybridized carbons (Fsp3) is 0.375. The number of hydrogen-bond acceptors (Lipinski definition) is 4. The number of likely N-dealkylation sites (tertiary alicyclic amines) is 1. The Kier molecular flexibility index (Phi) is 4.10. The number of piperidine rings is 1. The zero-order valence-electron chi connectivity index (χ0n) is 12.8. The smallest absolute Gasteiger partial charge is 0.308 e. The summed E-state index contributed by atoms with van der Waals surface area (Å²) in [4.78, 5) is 25.5. The molecule has 1 N–H and O–H groups in total. The van der Waals surface area contributed by atoms with Gasteiger partial charge in [0.15, 0.2) is 0 Å². The Labute approximate surface area is 133 Å². The second-order valence-corrected chi connectivity index (χ2v) is 5.81. The largest absolute Gasteiger partial charge is 0.481 e. The fourth-order valence-electron chi connectivity index (χ4n) is 2.86. The molecule has 2 heterocycles. The number of rotatable bonds is 3. The van der Waals surface area contributed by atoms with Crippen LogP contribution in [0.5, 0.6) is 0 Å². The van der Waals surface area contributed by atoms with Gasteiger partial charge in [0.25, 0.3) is 5.91 Å². The molecule has 0 bridgehead atoms. The van der Waals surface area contributed by atoms with Crippen LogP contribution >= 0.6 is 0 Å². The first kappa shape index (κ1) is 15.2. The lowest BCUT2D eigenvalue weighted by Gasteiger charge is -2.36. The normalized spacial score (nSPS) is 21.2. The number of nitrogens with zero attached hydrogens (tertiary/aromatic N) is 4. The zero-order chi connectivity index (χ0) is 16.4. The van der Waals surface area contributed by atoms with Crippen molar-refractivity contribution in [3.05, 3.63) is 42.2 Å². The summed E-state index contributed by atoms with van der Waals surface area (Å²) in [5.41, 5.74) is 1.36. The summed E-state index contributed by atoms with van der Waals surface area (Å²) in [5, 5.41) is 16.8. The Balaban J connectivity index is 1.77. The monoisotopic (exact) mass is 314 g/mol. The predicted octanol–water partition coefficient (Wildman–Crippen LogP) is 1.59. The molecule has 7 nitrogen and oxygen atoms in total. The second kappa shape index (κ2) is 6.20. The predicted molar refractivity (Wildman–Crippen MR) is 82.2 cm³/mol. The van der Waals surface area contributed by atoms with Crippen LogP contribution in [0.3, 0.4) is 0 Å². The van der Waals surface area contributed by atoms with E-state index in [-0.39, 0.29) is 18.5 Å². The molecule has 2 atom stereocenters. The molecule has 2 unspecified atom stereocenters. The van der Waals surface area contributed by atoms with Crippen LogP contribution in [0.15, 0.2) is 36.7 Å². The van der Waals surface area contributed by atoms with Gasteiger partial charge in [0.1, 0.15) is 0 Å². The number of aliphatic carboxylic acids is 1. The van der Waals surface area contributed by atoms with Gasteiger partial charge in [-0.05, 0) is 44.0 Å². The van der Waals surface area contributed by atoms with Crippen molar-refractivity contribution in [2.24, 2.45) is 5.92 Å². The molecule has 0 saturated carbocycles. The summed E-state index contributed by atoms with van der Waals surface area (Å²) in [6, 6.07) is 7.11. The number of carboxylic acid groups (broad SMARTS) is 1. The number of amides is 1. The highest BCUT2D eigenvalue weighted by Gasteiger charge is 2.32. The Hall–Kier alpha value is -2.70. The topological polar surface area (TPSA) is 88.3 Å². The molecule has 1 aliphatic rings. The molecule has 1 aromatic heterocycles. The molecule has 0 aliphatic carbocycles. The zero-order valence-corrected chi connectivity index (χ0v) is 12.8. The minimum Gasteiger partial charge on any atom is -0.481 e. The van der Waals surface area contributed by atoms with Crippen LogP contribution < -0.4 is 0 Å². The van der Waals surface area contributed by atoms with Gasteiger partial charge in [0.05, 0.1) is 24.0 Å². The highest BCUT2D eigenvalue weighted by Crippen LogP contribution is 2.24. The van der Waals surface area contributed by atoms with Crippen molar-refractivity contribution in [2.45, 2.75) is 25.8 Å². The van der Waals surface area contributed by atoms with E-state index in [2.05, 4.69) is 10.3 Å². The van der Waals surface area contributed by atoms with Gasteiger partial charge in [-0.25, -0.2) is 4.68 Å². The van der Waals surface area contributed by atoms with Gasteiger partial charge in [0, 0.05) is 18.2 Å². The maximum absolute atomic E-state index is 12.7. The summed E-state index contributed by atoms with van der Waals surface area (Å²) in [5.74, 6) is -1.45. The Morgan fingerprint density at radius 3 is 2.57 bits per heavy atom. The van der Waals surface area contributed by atoms with Crippen LogP contribution in [0.25, 0.3) is 5.69 Å². The van der Waals surface area contributed by atoms with Gasteiger partial charge >= 0.3 is 5.97 Å². The van der Waals surface area contributed by atoms with Gasteiger partial charge in [0.2, 0.25) is 0 Å². The summed E-state index contributed by atoms with van der Waals surface area (Å²) in [6.45, 7) is 2.22. The number of aromatic nitrogens is 3. The number of carbonyl (C=O) groups is 2. The number of carbonyl (C=O) groups excluding carboxylic acids is 1. The maximum atomic E-state index is 12.7. The maximum Gasteiger partial charge on any atom is 0.308 e. The van der Waals surface area contributed by atoms with Crippen molar-refractivity contribution in [1.82, 2.24) is 19.9 Å². The molecule has 1 fully saturated rings. The van der Waals surface area contributed by atoms with Gasteiger partial charge in [-0.2, -0.15) is 0 Å². The molecule has 1 aliphatic heterocycles. The van der Waals surface area contributed by atoms with E-state index in [9.17, 15) is 14.7 Å². The number of hydrogen-bond donors (Lipinski definition) is 1. The van der Waals surface area contributed by atoms with Crippen LogP contribution in [0, 0.1) is 5.92 Å². The summed E-state index contributed by atoms with van der Waals surface area (Å²) < 4.78 is 1.61. The highest BCUT2D eigenvalue weighted by molar-refractivity contribution is 5.95. The van der Waals surface area contributed by atoms with Crippen LogP contribution in [-0.2, 0) is 4.79 Å². The minimum absolute atomic E-state index is 0.0492. The summed E-state index contributed by atoms with van der Waals surface area (Å²) in [7, 11) is 0. The minimum atomic E-state index is -0.837. The van der Waals surface area contributed by atoms with E-state index in [1.54, 1.807) is 46.2 Å². The second-order valence-electron chi connectivity index (χ2n) is 5.81. The molecule has 1 aromatic carbocycles. The average molecular weight is 314 g/mol. The number of benzene rings is 1. The molecule has 23 heavy (non-hydrogen) atoms. The van der Waals surface area contributed by atoms with Crippen molar-refractivity contribution in [3.8, 4) is 5.69 Å². The lowest BCUT2D eigenvalue weighted by Crippen LogP contribution is -2.47. The van der Waals surface area contributed by atoms with Crippen LogP contribution in [0.4, 0.5) is 0 Å². The number of carboxylic acids is 1. The standard InChI is InChI=1S/C16H18N4O3/c1-11-2-3-13(16(22)23)10-19(11)15(21)12-4-6-14(7-5-12)20-9-8-17-18-20/h4-9,11,13H,2-3,10H2,1H3,(H,22,23). The Morgan fingerprint density at radius 2 is 1.96 bits per heavy atom. The fourth-order valence-corrected chi connectivity index (χ4v) is 2.86. The molecular weight excluding hydrogens is 296 g/mol. The first-order chi connectivity index (χ1) is 11.1. The van der Waals surface area contributed by atoms with E-state index < -0.39 is 11.9 Å². The molecule has 1 saturated heterocycles. The lowest BCUT2D eigenvalue weighted by molar-refractivity contribution is -0.143. The van der Waals surface area contributed by atoms with Crippen molar-refractivity contribution >= 4 is 11.9 Å². The third-order valence-electron chi connectivity index (χ3n) is 4.29. The van der Waals surface area contributed by atoms with E-state index >= 15 is 0 Å². The molecule has 0 radical (unpaired) electrons. The van der Waals surface area contributed by atoms with Gasteiger partial charge in [-0.3, -0.25) is 9.59 Å². The summed E-state index contributed by atoms with van der Waals surface area (Å²) >= 11 is 0. The SMILES string of the molecule is CC1CCC(C(=O)O)CN1C(=O)c1ccc(-n2ccnn2)cc1. The summed E-state index contributed by atoms with van der Waals surface area (Å²) in [6.07, 6.45) is 4.63. The van der Waals surface area contributed by atoms with E-state index in [0.717, 1.165) is 5.69 Å². The third-order valence-corrected chi connectivity index (χ3v) is 4.29. The molecular formula is C16H18N4O3. The van der Waals surface area contributed by atoms with E-state index in [1.807, 2.05) is 6.92 Å². The first-order valence-electron chi connectivity index (χ1n) is 7.57. The third kappa shape index (κ3) is 3.08. The van der Waals surface area contributed by atoms with Crippen LogP contribution in [0.1, 0.15) is 30.1 Å². The highest BCUT2D eigenvalue weighted by atomic mass is 16.4. The Bertz CT molecular complexity index is 697. The van der Waals surface area contributed by atoms with Crippen molar-refractivity contribution in [2.75, 3.05) is 6.54 Å². The molecule has 1 amide bonds. The van der Waals surface area contributed by atoms with Crippen molar-refractivity contribution in [3.63, 3.8) is 0 Å². The molecule has 3 rings (SSSR count). The van der Waals surface area contributed by atoms with E-state index in [1.165, 1.54) is 0 Å².